The van der Waals surface area contributed by atoms with E-state index in [4.69, 9.17) is 4.99 Å². The largest absolute Gasteiger partial charge is 0.357 e. The summed E-state index contributed by atoms with van der Waals surface area (Å²) < 4.78 is 0. The lowest BCUT2D eigenvalue weighted by Gasteiger charge is -2.21. The van der Waals surface area contributed by atoms with Gasteiger partial charge in [0.05, 0.1) is 17.2 Å². The molecule has 3 rings (SSSR count). The number of aromatic nitrogens is 1. The van der Waals surface area contributed by atoms with E-state index in [1.807, 2.05) is 0 Å². The van der Waals surface area contributed by atoms with Gasteiger partial charge in [-0.2, -0.15) is 0 Å². The summed E-state index contributed by atoms with van der Waals surface area (Å²) >= 11 is 1.73. The molecular formula is C19H34IN5S. The van der Waals surface area contributed by atoms with Crippen LogP contribution in [0.15, 0.2) is 10.4 Å². The highest BCUT2D eigenvalue weighted by molar-refractivity contribution is 14.0. The minimum absolute atomic E-state index is 0. The SMILES string of the molecule is CCNC(=NCc1csc(CC)n1)NC1CCN(CC2CCCC2)C1.I. The first-order valence-corrected chi connectivity index (χ1v) is 10.8. The Morgan fingerprint density at radius 2 is 2.12 bits per heavy atom. The molecule has 1 aliphatic heterocycles. The third-order valence-electron chi connectivity index (χ3n) is 5.25. The van der Waals surface area contributed by atoms with E-state index in [0.717, 1.165) is 37.1 Å². The first-order chi connectivity index (χ1) is 12.3. The van der Waals surface area contributed by atoms with E-state index in [1.54, 1.807) is 11.3 Å². The number of hydrogen-bond acceptors (Lipinski definition) is 4. The summed E-state index contributed by atoms with van der Waals surface area (Å²) in [6.45, 7) is 9.48. The topological polar surface area (TPSA) is 52.6 Å². The van der Waals surface area contributed by atoms with Crippen molar-refractivity contribution in [3.05, 3.63) is 16.1 Å². The van der Waals surface area contributed by atoms with Crippen LogP contribution in [0.25, 0.3) is 0 Å². The Kier molecular flexibility index (Phi) is 9.63. The van der Waals surface area contributed by atoms with Gasteiger partial charge < -0.3 is 15.5 Å². The highest BCUT2D eigenvalue weighted by atomic mass is 127. The van der Waals surface area contributed by atoms with E-state index in [0.29, 0.717) is 12.6 Å². The van der Waals surface area contributed by atoms with Gasteiger partial charge in [-0.05, 0) is 38.5 Å². The number of aryl methyl sites for hydroxylation is 1. The number of halogens is 1. The molecule has 0 aromatic carbocycles. The van der Waals surface area contributed by atoms with Crippen LogP contribution in [0.1, 0.15) is 56.7 Å². The van der Waals surface area contributed by atoms with E-state index < -0.39 is 0 Å². The van der Waals surface area contributed by atoms with Crippen molar-refractivity contribution in [3.8, 4) is 0 Å². The van der Waals surface area contributed by atoms with Crippen molar-refractivity contribution >= 4 is 41.3 Å². The second-order valence-electron chi connectivity index (χ2n) is 7.32. The molecule has 1 aromatic rings. The van der Waals surface area contributed by atoms with Crippen molar-refractivity contribution < 1.29 is 0 Å². The molecule has 148 valence electrons. The molecule has 1 saturated carbocycles. The van der Waals surface area contributed by atoms with E-state index in [2.05, 4.69) is 39.7 Å². The van der Waals surface area contributed by atoms with Gasteiger partial charge in [-0.25, -0.2) is 9.98 Å². The summed E-state index contributed by atoms with van der Waals surface area (Å²) in [7, 11) is 0. The van der Waals surface area contributed by atoms with Crippen LogP contribution in [-0.2, 0) is 13.0 Å². The normalized spacial score (nSPS) is 21.8. The Balaban J connectivity index is 0.00000243. The first kappa shape index (κ1) is 21.9. The number of nitrogens with zero attached hydrogens (tertiary/aromatic N) is 3. The van der Waals surface area contributed by atoms with Crippen molar-refractivity contribution in [3.63, 3.8) is 0 Å². The number of guanidine groups is 1. The van der Waals surface area contributed by atoms with Crippen LogP contribution in [-0.4, -0.2) is 48.1 Å². The Hall–Kier alpha value is -0.410. The van der Waals surface area contributed by atoms with Crippen LogP contribution in [0.5, 0.6) is 0 Å². The zero-order valence-corrected chi connectivity index (χ0v) is 19.3. The maximum absolute atomic E-state index is 4.74. The number of likely N-dealkylation sites (tertiary alicyclic amines) is 1. The van der Waals surface area contributed by atoms with Gasteiger partial charge in [-0.15, -0.1) is 35.3 Å². The molecule has 1 aromatic heterocycles. The highest BCUT2D eigenvalue weighted by Crippen LogP contribution is 2.26. The van der Waals surface area contributed by atoms with Crippen LogP contribution < -0.4 is 10.6 Å². The van der Waals surface area contributed by atoms with Gasteiger partial charge in [-0.1, -0.05) is 19.8 Å². The predicted octanol–water partition coefficient (Wildman–Crippen LogP) is 3.64. The molecular weight excluding hydrogens is 457 g/mol. The number of thiazole rings is 1. The molecule has 2 N–H and O–H groups in total. The standard InChI is InChI=1S/C19H33N5S.HI/c1-3-18-22-17(14-25-18)11-21-19(20-4-2)23-16-9-10-24(13-16)12-15-7-5-6-8-15;/h14-16H,3-13H2,1-2H3,(H2,20,21,23);1H. The molecule has 2 aliphatic rings. The van der Waals surface area contributed by atoms with Crippen molar-refractivity contribution in [2.75, 3.05) is 26.2 Å². The molecule has 1 atom stereocenters. The number of aliphatic imine (C=N–C) groups is 1. The van der Waals surface area contributed by atoms with Crippen LogP contribution in [0.3, 0.4) is 0 Å². The van der Waals surface area contributed by atoms with Gasteiger partial charge >= 0.3 is 0 Å². The molecule has 1 unspecified atom stereocenters. The Morgan fingerprint density at radius 3 is 2.81 bits per heavy atom. The maximum Gasteiger partial charge on any atom is 0.191 e. The summed E-state index contributed by atoms with van der Waals surface area (Å²) in [6.07, 6.45) is 7.97. The lowest BCUT2D eigenvalue weighted by molar-refractivity contribution is 0.275. The Labute approximate surface area is 179 Å². The van der Waals surface area contributed by atoms with Crippen LogP contribution in [0.2, 0.25) is 0 Å². The minimum Gasteiger partial charge on any atom is -0.357 e. The highest BCUT2D eigenvalue weighted by Gasteiger charge is 2.26. The van der Waals surface area contributed by atoms with Gasteiger partial charge in [0.2, 0.25) is 0 Å². The average molecular weight is 491 g/mol. The molecule has 1 saturated heterocycles. The first-order valence-electron chi connectivity index (χ1n) is 9.97. The fraction of sp³-hybridized carbons (Fsp3) is 0.789. The van der Waals surface area contributed by atoms with Crippen LogP contribution in [0.4, 0.5) is 0 Å². The molecule has 1 aliphatic carbocycles. The summed E-state index contributed by atoms with van der Waals surface area (Å²) in [5, 5.41) is 10.3. The van der Waals surface area contributed by atoms with Crippen LogP contribution >= 0.6 is 35.3 Å². The van der Waals surface area contributed by atoms with Crippen molar-refractivity contribution in [1.82, 2.24) is 20.5 Å². The van der Waals surface area contributed by atoms with Crippen molar-refractivity contribution in [2.45, 2.75) is 65.0 Å². The molecule has 2 heterocycles. The van der Waals surface area contributed by atoms with Gasteiger partial charge in [0, 0.05) is 37.6 Å². The third kappa shape index (κ3) is 6.64. The molecule has 5 nitrogen and oxygen atoms in total. The second kappa shape index (κ2) is 11.4. The lowest BCUT2D eigenvalue weighted by atomic mass is 10.1. The number of nitrogens with one attached hydrogen (secondary N) is 2. The summed E-state index contributed by atoms with van der Waals surface area (Å²) in [5.74, 6) is 1.87. The Morgan fingerprint density at radius 1 is 1.31 bits per heavy atom. The fourth-order valence-electron chi connectivity index (χ4n) is 3.93. The zero-order valence-electron chi connectivity index (χ0n) is 16.2. The molecule has 7 heteroatoms. The predicted molar refractivity (Wildman–Crippen MR) is 122 cm³/mol. The number of rotatable bonds is 7. The minimum atomic E-state index is 0. The summed E-state index contributed by atoms with van der Waals surface area (Å²) in [6, 6.07) is 0.515. The monoisotopic (exact) mass is 491 g/mol. The molecule has 0 amide bonds. The van der Waals surface area contributed by atoms with E-state index in [9.17, 15) is 0 Å². The molecule has 0 bridgehead atoms. The molecule has 2 fully saturated rings. The van der Waals surface area contributed by atoms with Crippen molar-refractivity contribution in [2.24, 2.45) is 10.9 Å². The van der Waals surface area contributed by atoms with E-state index >= 15 is 0 Å². The third-order valence-corrected chi connectivity index (χ3v) is 6.29. The number of hydrogen-bond donors (Lipinski definition) is 2. The average Bonchev–Trinajstić information content (AvgIpc) is 3.35. The smallest absolute Gasteiger partial charge is 0.191 e. The summed E-state index contributed by atoms with van der Waals surface area (Å²) in [5.41, 5.74) is 1.08. The van der Waals surface area contributed by atoms with Gasteiger partial charge in [0.15, 0.2) is 5.96 Å². The molecule has 26 heavy (non-hydrogen) atoms. The Bertz CT molecular complexity index is 556. The van der Waals surface area contributed by atoms with Gasteiger partial charge in [-0.3, -0.25) is 0 Å². The van der Waals surface area contributed by atoms with Gasteiger partial charge in [0.1, 0.15) is 0 Å². The second-order valence-corrected chi connectivity index (χ2v) is 8.26. The quantitative estimate of drug-likeness (QED) is 0.348. The molecule has 0 spiro atoms. The van der Waals surface area contributed by atoms with E-state index in [-0.39, 0.29) is 24.0 Å². The zero-order chi connectivity index (χ0) is 17.5. The summed E-state index contributed by atoms with van der Waals surface area (Å²) in [4.78, 5) is 12.0. The molecule has 0 radical (unpaired) electrons. The van der Waals surface area contributed by atoms with Crippen molar-refractivity contribution in [1.29, 1.82) is 0 Å². The fourth-order valence-corrected chi connectivity index (χ4v) is 4.67. The van der Waals surface area contributed by atoms with Crippen LogP contribution in [0, 0.1) is 5.92 Å². The van der Waals surface area contributed by atoms with Gasteiger partial charge in [0.25, 0.3) is 0 Å². The lowest BCUT2D eigenvalue weighted by Crippen LogP contribution is -2.44. The maximum atomic E-state index is 4.74. The van der Waals surface area contributed by atoms with E-state index in [1.165, 1.54) is 50.2 Å².